The molecule has 0 aromatic carbocycles. The summed E-state index contributed by atoms with van der Waals surface area (Å²) in [6, 6.07) is 0. The van der Waals surface area contributed by atoms with E-state index >= 15 is 0 Å². The maximum Gasteiger partial charge on any atom is 0.238 e. The number of rotatable bonds is 4. The maximum atomic E-state index is 10.5. The van der Waals surface area contributed by atoms with Gasteiger partial charge in [0.15, 0.2) is 0 Å². The van der Waals surface area contributed by atoms with Gasteiger partial charge in [0, 0.05) is 6.42 Å². The van der Waals surface area contributed by atoms with Gasteiger partial charge < -0.3 is 0 Å². The van der Waals surface area contributed by atoms with Crippen molar-refractivity contribution in [1.82, 2.24) is 10.9 Å². The fourth-order valence-corrected chi connectivity index (χ4v) is 0.400. The Morgan fingerprint density at radius 2 is 2.33 bits per heavy atom. The molecule has 0 aliphatic carbocycles. The van der Waals surface area contributed by atoms with Gasteiger partial charge >= 0.3 is 0 Å². The Morgan fingerprint density at radius 1 is 1.67 bits per heavy atom. The van der Waals surface area contributed by atoms with Gasteiger partial charge in [0.25, 0.3) is 0 Å². The quantitative estimate of drug-likeness (QED) is 0.400. The maximum absolute atomic E-state index is 10.5. The van der Waals surface area contributed by atoms with Crippen molar-refractivity contribution in [2.45, 2.75) is 19.8 Å². The standard InChI is InChI=1S/C5H10N2O2/c1-2-3-5(9)7-6-4-8/h4H,2-3H2,1H3,(H,6,8)(H,7,9). The third-order valence-electron chi connectivity index (χ3n) is 0.748. The average molecular weight is 130 g/mol. The lowest BCUT2D eigenvalue weighted by atomic mass is 10.3. The lowest BCUT2D eigenvalue weighted by molar-refractivity contribution is -0.124. The van der Waals surface area contributed by atoms with Crippen molar-refractivity contribution in [2.75, 3.05) is 0 Å². The lowest BCUT2D eigenvalue weighted by Gasteiger charge is -1.98. The summed E-state index contributed by atoms with van der Waals surface area (Å²) in [4.78, 5) is 20.1. The molecular formula is C5H10N2O2. The van der Waals surface area contributed by atoms with Gasteiger partial charge in [0.2, 0.25) is 12.3 Å². The Kier molecular flexibility index (Phi) is 4.49. The smallest absolute Gasteiger partial charge is 0.238 e. The molecule has 0 aromatic heterocycles. The predicted octanol–water partition coefficient (Wildman–Crippen LogP) is -0.436. The van der Waals surface area contributed by atoms with Crippen LogP contribution in [0.3, 0.4) is 0 Å². The zero-order chi connectivity index (χ0) is 7.11. The first-order valence-electron chi connectivity index (χ1n) is 2.79. The zero-order valence-electron chi connectivity index (χ0n) is 5.31. The van der Waals surface area contributed by atoms with Crippen LogP contribution in [-0.4, -0.2) is 12.3 Å². The molecule has 0 radical (unpaired) electrons. The van der Waals surface area contributed by atoms with Gasteiger partial charge in [-0.25, -0.2) is 0 Å². The summed E-state index contributed by atoms with van der Waals surface area (Å²) in [7, 11) is 0. The molecular weight excluding hydrogens is 120 g/mol. The highest BCUT2D eigenvalue weighted by Gasteiger charge is 1.93. The van der Waals surface area contributed by atoms with E-state index in [1.165, 1.54) is 0 Å². The highest BCUT2D eigenvalue weighted by molar-refractivity contribution is 5.76. The van der Waals surface area contributed by atoms with Crippen LogP contribution in [0.1, 0.15) is 19.8 Å². The first kappa shape index (κ1) is 7.94. The molecule has 0 atom stereocenters. The van der Waals surface area contributed by atoms with Gasteiger partial charge in [-0.3, -0.25) is 20.4 Å². The van der Waals surface area contributed by atoms with Gasteiger partial charge in [-0.15, -0.1) is 0 Å². The van der Waals surface area contributed by atoms with Crippen LogP contribution < -0.4 is 10.9 Å². The molecule has 2 N–H and O–H groups in total. The van der Waals surface area contributed by atoms with E-state index < -0.39 is 0 Å². The number of hydrazine groups is 1. The molecule has 0 aromatic rings. The van der Waals surface area contributed by atoms with Crippen LogP contribution in [0.4, 0.5) is 0 Å². The van der Waals surface area contributed by atoms with E-state index in [1.807, 2.05) is 6.92 Å². The summed E-state index contributed by atoms with van der Waals surface area (Å²) in [6.45, 7) is 1.89. The summed E-state index contributed by atoms with van der Waals surface area (Å²) in [5, 5.41) is 0. The van der Waals surface area contributed by atoms with E-state index in [1.54, 1.807) is 0 Å². The molecule has 0 fully saturated rings. The fraction of sp³-hybridized carbons (Fsp3) is 0.600. The van der Waals surface area contributed by atoms with E-state index in [9.17, 15) is 9.59 Å². The molecule has 0 spiro atoms. The van der Waals surface area contributed by atoms with Crippen molar-refractivity contribution in [3.05, 3.63) is 0 Å². The van der Waals surface area contributed by atoms with Crippen molar-refractivity contribution < 1.29 is 9.59 Å². The van der Waals surface area contributed by atoms with E-state index in [-0.39, 0.29) is 5.91 Å². The molecule has 0 aliphatic rings. The van der Waals surface area contributed by atoms with E-state index in [0.29, 0.717) is 12.8 Å². The van der Waals surface area contributed by atoms with Crippen molar-refractivity contribution in [3.63, 3.8) is 0 Å². The molecule has 0 saturated carbocycles. The van der Waals surface area contributed by atoms with Crippen molar-refractivity contribution in [1.29, 1.82) is 0 Å². The van der Waals surface area contributed by atoms with Gasteiger partial charge in [-0.2, -0.15) is 0 Å². The largest absolute Gasteiger partial charge is 0.277 e. The summed E-state index contributed by atoms with van der Waals surface area (Å²) in [5.74, 6) is -0.162. The van der Waals surface area contributed by atoms with E-state index in [2.05, 4.69) is 10.9 Å². The summed E-state index contributed by atoms with van der Waals surface area (Å²) in [6.07, 6.45) is 1.65. The first-order valence-corrected chi connectivity index (χ1v) is 2.79. The summed E-state index contributed by atoms with van der Waals surface area (Å²) in [5.41, 5.74) is 4.23. The minimum Gasteiger partial charge on any atom is -0.277 e. The molecule has 0 rings (SSSR count). The van der Waals surface area contributed by atoms with Crippen LogP contribution in [-0.2, 0) is 9.59 Å². The molecule has 2 amide bonds. The van der Waals surface area contributed by atoms with Gasteiger partial charge in [0.05, 0.1) is 0 Å². The molecule has 0 bridgehead atoms. The van der Waals surface area contributed by atoms with Crippen LogP contribution in [0.15, 0.2) is 0 Å². The highest BCUT2D eigenvalue weighted by atomic mass is 16.2. The lowest BCUT2D eigenvalue weighted by Crippen LogP contribution is -2.35. The number of carbonyl (C=O) groups is 2. The third-order valence-corrected chi connectivity index (χ3v) is 0.748. The molecule has 4 heteroatoms. The van der Waals surface area contributed by atoms with Crippen LogP contribution >= 0.6 is 0 Å². The van der Waals surface area contributed by atoms with Gasteiger partial charge in [0.1, 0.15) is 0 Å². The molecule has 0 saturated heterocycles. The average Bonchev–Trinajstić information content (AvgIpc) is 1.85. The molecule has 9 heavy (non-hydrogen) atoms. The zero-order valence-corrected chi connectivity index (χ0v) is 5.31. The van der Waals surface area contributed by atoms with Gasteiger partial charge in [-0.05, 0) is 6.42 Å². The molecule has 0 aliphatic heterocycles. The minimum absolute atomic E-state index is 0.162. The van der Waals surface area contributed by atoms with Crippen molar-refractivity contribution >= 4 is 12.3 Å². The Labute approximate surface area is 53.6 Å². The number of amides is 2. The predicted molar refractivity (Wildman–Crippen MR) is 32.3 cm³/mol. The normalized spacial score (nSPS) is 8.11. The molecule has 0 unspecified atom stereocenters. The molecule has 0 heterocycles. The SMILES string of the molecule is CCCC(=O)NNC=O. The Bertz CT molecular complexity index is 103. The Morgan fingerprint density at radius 3 is 2.78 bits per heavy atom. The van der Waals surface area contributed by atoms with E-state index in [0.717, 1.165) is 6.42 Å². The minimum atomic E-state index is -0.162. The monoisotopic (exact) mass is 130 g/mol. The second kappa shape index (κ2) is 5.08. The molecule has 52 valence electrons. The number of hydrogen-bond acceptors (Lipinski definition) is 2. The Hall–Kier alpha value is -1.06. The Balaban J connectivity index is 3.16. The second-order valence-corrected chi connectivity index (χ2v) is 1.56. The van der Waals surface area contributed by atoms with Crippen molar-refractivity contribution in [3.8, 4) is 0 Å². The van der Waals surface area contributed by atoms with Gasteiger partial charge in [-0.1, -0.05) is 6.92 Å². The summed E-state index contributed by atoms with van der Waals surface area (Å²) >= 11 is 0. The topological polar surface area (TPSA) is 58.2 Å². The second-order valence-electron chi connectivity index (χ2n) is 1.56. The number of nitrogens with one attached hydrogen (secondary N) is 2. The summed E-state index contributed by atoms with van der Waals surface area (Å²) < 4.78 is 0. The van der Waals surface area contributed by atoms with Crippen molar-refractivity contribution in [2.24, 2.45) is 0 Å². The number of carbonyl (C=O) groups excluding carboxylic acids is 2. The fourth-order valence-electron chi connectivity index (χ4n) is 0.400. The molecule has 4 nitrogen and oxygen atoms in total. The van der Waals surface area contributed by atoms with Crippen LogP contribution in [0, 0.1) is 0 Å². The third kappa shape index (κ3) is 4.80. The van der Waals surface area contributed by atoms with Crippen LogP contribution in [0.2, 0.25) is 0 Å². The van der Waals surface area contributed by atoms with E-state index in [4.69, 9.17) is 0 Å². The first-order chi connectivity index (χ1) is 4.31. The highest BCUT2D eigenvalue weighted by Crippen LogP contribution is 1.82. The van der Waals surface area contributed by atoms with Crippen LogP contribution in [0.5, 0.6) is 0 Å². The number of hydrogen-bond donors (Lipinski definition) is 2. The van der Waals surface area contributed by atoms with Crippen LogP contribution in [0.25, 0.3) is 0 Å².